The molecule has 2 rings (SSSR count). The van der Waals surface area contributed by atoms with Crippen molar-refractivity contribution < 1.29 is 18.7 Å². The molecule has 0 aliphatic heterocycles. The monoisotopic (exact) mass is 297 g/mol. The summed E-state index contributed by atoms with van der Waals surface area (Å²) < 4.78 is 25.9. The van der Waals surface area contributed by atoms with Gasteiger partial charge in [0.25, 0.3) is 0 Å². The molecule has 0 saturated heterocycles. The predicted octanol–water partition coefficient (Wildman–Crippen LogP) is 2.71. The number of carbonyl (C=O) groups excluding carboxylic acids is 1. The molecule has 0 radical (unpaired) electrons. The van der Waals surface area contributed by atoms with Crippen molar-refractivity contribution in [1.82, 2.24) is 5.32 Å². The summed E-state index contributed by atoms with van der Waals surface area (Å²) >= 11 is 0. The van der Waals surface area contributed by atoms with E-state index in [0.717, 1.165) is 37.8 Å². The van der Waals surface area contributed by atoms with Crippen molar-refractivity contribution in [2.45, 2.75) is 50.5 Å². The molecule has 0 unspecified atom stereocenters. The lowest BCUT2D eigenvalue weighted by Crippen LogP contribution is -2.43. The van der Waals surface area contributed by atoms with Gasteiger partial charge in [-0.15, -0.1) is 0 Å². The number of amides is 1. The highest BCUT2D eigenvalue weighted by Gasteiger charge is 2.28. The molecule has 1 saturated carbocycles. The molecule has 1 aliphatic carbocycles. The predicted molar refractivity (Wildman–Crippen MR) is 75.7 cm³/mol. The minimum Gasteiger partial charge on any atom is -0.388 e. The van der Waals surface area contributed by atoms with Crippen LogP contribution in [0.3, 0.4) is 0 Å². The lowest BCUT2D eigenvalue weighted by atomic mass is 9.94. The zero-order chi connectivity index (χ0) is 15.3. The van der Waals surface area contributed by atoms with E-state index in [-0.39, 0.29) is 18.9 Å². The molecule has 0 bridgehead atoms. The topological polar surface area (TPSA) is 49.3 Å². The standard InChI is InChI=1S/C16H21F2NO2/c17-13-6-5-12(9-14(13)18)10-15(20)19-11-16(21)7-3-1-2-4-8-16/h5-6,9,21H,1-4,7-8,10-11H2,(H,19,20). The van der Waals surface area contributed by atoms with Gasteiger partial charge >= 0.3 is 0 Å². The van der Waals surface area contributed by atoms with Gasteiger partial charge in [0.1, 0.15) is 0 Å². The second kappa shape index (κ2) is 6.98. The Labute approximate surface area is 123 Å². The molecule has 0 spiro atoms. The zero-order valence-corrected chi connectivity index (χ0v) is 12.0. The molecule has 116 valence electrons. The van der Waals surface area contributed by atoms with Crippen LogP contribution in [-0.2, 0) is 11.2 Å². The van der Waals surface area contributed by atoms with Crippen LogP contribution in [-0.4, -0.2) is 23.2 Å². The summed E-state index contributed by atoms with van der Waals surface area (Å²) in [6.45, 7) is 0.218. The van der Waals surface area contributed by atoms with Crippen molar-refractivity contribution in [2.24, 2.45) is 0 Å². The van der Waals surface area contributed by atoms with E-state index < -0.39 is 17.2 Å². The lowest BCUT2D eigenvalue weighted by molar-refractivity contribution is -0.121. The van der Waals surface area contributed by atoms with Gasteiger partial charge in [0.15, 0.2) is 11.6 Å². The van der Waals surface area contributed by atoms with Gasteiger partial charge in [-0.1, -0.05) is 31.7 Å². The number of aliphatic hydroxyl groups is 1. The van der Waals surface area contributed by atoms with Gasteiger partial charge in [0, 0.05) is 6.54 Å². The van der Waals surface area contributed by atoms with Gasteiger partial charge in [0.05, 0.1) is 12.0 Å². The summed E-state index contributed by atoms with van der Waals surface area (Å²) in [5.74, 6) is -2.17. The van der Waals surface area contributed by atoms with Gasteiger partial charge in [-0.2, -0.15) is 0 Å². The van der Waals surface area contributed by atoms with Crippen LogP contribution in [0.2, 0.25) is 0 Å². The molecule has 0 aromatic heterocycles. The van der Waals surface area contributed by atoms with Crippen LogP contribution < -0.4 is 5.32 Å². The molecular weight excluding hydrogens is 276 g/mol. The van der Waals surface area contributed by atoms with E-state index in [0.29, 0.717) is 18.4 Å². The van der Waals surface area contributed by atoms with E-state index in [1.54, 1.807) is 0 Å². The first-order chi connectivity index (χ1) is 9.98. The van der Waals surface area contributed by atoms with Crippen molar-refractivity contribution in [3.63, 3.8) is 0 Å². The minimum absolute atomic E-state index is 0.0206. The van der Waals surface area contributed by atoms with Gasteiger partial charge in [-0.3, -0.25) is 4.79 Å². The number of rotatable bonds is 4. The van der Waals surface area contributed by atoms with E-state index in [1.165, 1.54) is 6.07 Å². The first kappa shape index (κ1) is 15.9. The number of halogens is 2. The molecule has 1 amide bonds. The van der Waals surface area contributed by atoms with E-state index in [9.17, 15) is 18.7 Å². The second-order valence-corrected chi connectivity index (χ2v) is 5.84. The normalized spacial score (nSPS) is 18.0. The Balaban J connectivity index is 1.85. The Kier molecular flexibility index (Phi) is 5.28. The van der Waals surface area contributed by atoms with E-state index in [1.807, 2.05) is 0 Å². The van der Waals surface area contributed by atoms with Crippen LogP contribution in [0.4, 0.5) is 8.78 Å². The Bertz CT molecular complexity index is 497. The third-order valence-electron chi connectivity index (χ3n) is 4.00. The summed E-state index contributed by atoms with van der Waals surface area (Å²) in [7, 11) is 0. The summed E-state index contributed by atoms with van der Waals surface area (Å²) in [6.07, 6.45) is 5.53. The number of nitrogens with one attached hydrogen (secondary N) is 1. The molecule has 0 heterocycles. The number of hydrogen-bond acceptors (Lipinski definition) is 2. The average Bonchev–Trinajstić information content (AvgIpc) is 2.66. The Morgan fingerprint density at radius 2 is 1.81 bits per heavy atom. The van der Waals surface area contributed by atoms with Crippen molar-refractivity contribution in [1.29, 1.82) is 0 Å². The lowest BCUT2D eigenvalue weighted by Gasteiger charge is -2.26. The van der Waals surface area contributed by atoms with Crippen LogP contribution in [0.1, 0.15) is 44.1 Å². The Morgan fingerprint density at radius 1 is 1.14 bits per heavy atom. The fourth-order valence-corrected chi connectivity index (χ4v) is 2.72. The number of hydrogen-bond donors (Lipinski definition) is 2. The Morgan fingerprint density at radius 3 is 2.43 bits per heavy atom. The summed E-state index contributed by atoms with van der Waals surface area (Å²) in [5.41, 5.74) is -0.417. The molecular formula is C16H21F2NO2. The summed E-state index contributed by atoms with van der Waals surface area (Å²) in [4.78, 5) is 11.8. The summed E-state index contributed by atoms with van der Waals surface area (Å²) in [5, 5.41) is 13.1. The minimum atomic E-state index is -0.956. The van der Waals surface area contributed by atoms with Crippen molar-refractivity contribution in [2.75, 3.05) is 6.54 Å². The van der Waals surface area contributed by atoms with Gasteiger partial charge in [0.2, 0.25) is 5.91 Å². The highest BCUT2D eigenvalue weighted by atomic mass is 19.2. The van der Waals surface area contributed by atoms with Crippen LogP contribution in [0.15, 0.2) is 18.2 Å². The molecule has 1 aliphatic rings. The van der Waals surface area contributed by atoms with Gasteiger partial charge < -0.3 is 10.4 Å². The van der Waals surface area contributed by atoms with Crippen molar-refractivity contribution >= 4 is 5.91 Å². The quantitative estimate of drug-likeness (QED) is 0.840. The second-order valence-electron chi connectivity index (χ2n) is 5.84. The highest BCUT2D eigenvalue weighted by Crippen LogP contribution is 2.26. The molecule has 1 fully saturated rings. The van der Waals surface area contributed by atoms with Crippen LogP contribution in [0.25, 0.3) is 0 Å². The van der Waals surface area contributed by atoms with Gasteiger partial charge in [-0.25, -0.2) is 8.78 Å². The number of benzene rings is 1. The van der Waals surface area contributed by atoms with E-state index in [4.69, 9.17) is 0 Å². The molecule has 1 aromatic carbocycles. The molecule has 1 aromatic rings. The van der Waals surface area contributed by atoms with Crippen molar-refractivity contribution in [3.05, 3.63) is 35.4 Å². The first-order valence-corrected chi connectivity index (χ1v) is 7.42. The fourth-order valence-electron chi connectivity index (χ4n) is 2.72. The molecule has 3 nitrogen and oxygen atoms in total. The highest BCUT2D eigenvalue weighted by molar-refractivity contribution is 5.78. The maximum absolute atomic E-state index is 13.1. The third kappa shape index (κ3) is 4.77. The Hall–Kier alpha value is -1.49. The van der Waals surface area contributed by atoms with Crippen LogP contribution >= 0.6 is 0 Å². The molecule has 21 heavy (non-hydrogen) atoms. The zero-order valence-electron chi connectivity index (χ0n) is 12.0. The van der Waals surface area contributed by atoms with Gasteiger partial charge in [-0.05, 0) is 30.5 Å². The SMILES string of the molecule is O=C(Cc1ccc(F)c(F)c1)NCC1(O)CCCCCC1. The fraction of sp³-hybridized carbons (Fsp3) is 0.562. The maximum atomic E-state index is 13.1. The number of carbonyl (C=O) groups is 1. The largest absolute Gasteiger partial charge is 0.388 e. The van der Waals surface area contributed by atoms with E-state index >= 15 is 0 Å². The first-order valence-electron chi connectivity index (χ1n) is 7.42. The van der Waals surface area contributed by atoms with E-state index in [2.05, 4.69) is 5.32 Å². The van der Waals surface area contributed by atoms with Crippen LogP contribution in [0.5, 0.6) is 0 Å². The van der Waals surface area contributed by atoms with Crippen molar-refractivity contribution in [3.8, 4) is 0 Å². The summed E-state index contributed by atoms with van der Waals surface area (Å²) in [6, 6.07) is 3.42. The van der Waals surface area contributed by atoms with Crippen LogP contribution in [0, 0.1) is 11.6 Å². The average molecular weight is 297 g/mol. The molecule has 0 atom stereocenters. The maximum Gasteiger partial charge on any atom is 0.224 e. The third-order valence-corrected chi connectivity index (χ3v) is 4.00. The molecule has 2 N–H and O–H groups in total. The molecule has 5 heteroatoms. The smallest absolute Gasteiger partial charge is 0.224 e.